The minimum absolute atomic E-state index is 0.179. The highest BCUT2D eigenvalue weighted by atomic mass is 32.1. The summed E-state index contributed by atoms with van der Waals surface area (Å²) >= 11 is 1.75. The van der Waals surface area contributed by atoms with Crippen molar-refractivity contribution < 1.29 is 4.39 Å². The van der Waals surface area contributed by atoms with Crippen molar-refractivity contribution in [2.45, 2.75) is 40.7 Å². The molecule has 1 heterocycles. The number of aryl methyl sites for hydroxylation is 3. The van der Waals surface area contributed by atoms with Gasteiger partial charge >= 0.3 is 0 Å². The topological polar surface area (TPSA) is 49.3 Å². The van der Waals surface area contributed by atoms with Crippen molar-refractivity contribution in [3.63, 3.8) is 0 Å². The van der Waals surface area contributed by atoms with Crippen LogP contribution in [0.15, 0.2) is 23.2 Å². The Morgan fingerprint density at radius 2 is 2.04 bits per heavy atom. The van der Waals surface area contributed by atoms with Crippen LogP contribution in [0, 0.1) is 26.6 Å². The van der Waals surface area contributed by atoms with Gasteiger partial charge in [-0.1, -0.05) is 12.1 Å². The van der Waals surface area contributed by atoms with E-state index >= 15 is 0 Å². The Morgan fingerprint density at radius 1 is 1.25 bits per heavy atom. The number of nitrogens with zero attached hydrogens (tertiary/aromatic N) is 2. The SMILES string of the molecule is CCNC(=NCc1ccc(F)c(C)c1)NCCc1nc(C)c(C)s1. The number of hydrogen-bond donors (Lipinski definition) is 2. The smallest absolute Gasteiger partial charge is 0.191 e. The van der Waals surface area contributed by atoms with Crippen LogP contribution in [0.5, 0.6) is 0 Å². The summed E-state index contributed by atoms with van der Waals surface area (Å²) in [5, 5.41) is 7.70. The molecular formula is C18H25FN4S. The van der Waals surface area contributed by atoms with E-state index in [-0.39, 0.29) is 5.82 Å². The van der Waals surface area contributed by atoms with Crippen molar-refractivity contribution in [3.05, 3.63) is 50.7 Å². The standard InChI is InChI=1S/C18H25FN4S/c1-5-20-18(21-9-8-17-23-13(3)14(4)24-17)22-11-15-6-7-16(19)12(2)10-15/h6-7,10H,5,8-9,11H2,1-4H3,(H2,20,21,22). The highest BCUT2D eigenvalue weighted by Crippen LogP contribution is 2.16. The Kier molecular flexibility index (Phi) is 6.73. The molecule has 130 valence electrons. The first-order valence-corrected chi connectivity index (χ1v) is 9.01. The van der Waals surface area contributed by atoms with Crippen LogP contribution in [0.1, 0.15) is 33.6 Å². The Labute approximate surface area is 147 Å². The van der Waals surface area contributed by atoms with Crippen molar-refractivity contribution in [1.82, 2.24) is 15.6 Å². The summed E-state index contributed by atoms with van der Waals surface area (Å²) in [5.41, 5.74) is 2.76. The molecule has 0 aliphatic rings. The van der Waals surface area contributed by atoms with Gasteiger partial charge in [0.1, 0.15) is 5.82 Å². The third-order valence-corrected chi connectivity index (χ3v) is 4.82. The molecule has 0 bridgehead atoms. The van der Waals surface area contributed by atoms with Gasteiger partial charge < -0.3 is 10.6 Å². The first-order chi connectivity index (χ1) is 11.5. The molecule has 4 nitrogen and oxygen atoms in total. The normalized spacial score (nSPS) is 11.6. The molecule has 2 aromatic rings. The largest absolute Gasteiger partial charge is 0.357 e. The average Bonchev–Trinajstić information content (AvgIpc) is 2.86. The van der Waals surface area contributed by atoms with Gasteiger partial charge in [-0.15, -0.1) is 11.3 Å². The van der Waals surface area contributed by atoms with E-state index in [0.717, 1.165) is 41.7 Å². The molecule has 0 fully saturated rings. The van der Waals surface area contributed by atoms with E-state index in [1.54, 1.807) is 24.3 Å². The zero-order chi connectivity index (χ0) is 17.5. The zero-order valence-electron chi connectivity index (χ0n) is 14.7. The number of halogens is 1. The maximum absolute atomic E-state index is 13.3. The fourth-order valence-electron chi connectivity index (χ4n) is 2.25. The lowest BCUT2D eigenvalue weighted by atomic mass is 10.1. The third kappa shape index (κ3) is 5.30. The first kappa shape index (κ1) is 18.4. The molecule has 24 heavy (non-hydrogen) atoms. The third-order valence-electron chi connectivity index (χ3n) is 3.69. The van der Waals surface area contributed by atoms with E-state index < -0.39 is 0 Å². The average molecular weight is 348 g/mol. The fourth-order valence-corrected chi connectivity index (χ4v) is 3.18. The van der Waals surface area contributed by atoms with Gasteiger partial charge in [-0.05, 0) is 44.9 Å². The van der Waals surface area contributed by atoms with Crippen molar-refractivity contribution in [2.75, 3.05) is 13.1 Å². The molecule has 2 rings (SSSR count). The summed E-state index contributed by atoms with van der Waals surface area (Å²) in [6, 6.07) is 5.10. The van der Waals surface area contributed by atoms with Crippen LogP contribution >= 0.6 is 11.3 Å². The molecule has 0 amide bonds. The molecule has 1 aromatic heterocycles. The lowest BCUT2D eigenvalue weighted by Gasteiger charge is -2.11. The summed E-state index contributed by atoms with van der Waals surface area (Å²) in [4.78, 5) is 10.4. The number of hydrogen-bond acceptors (Lipinski definition) is 3. The van der Waals surface area contributed by atoms with Gasteiger partial charge in [-0.2, -0.15) is 0 Å². The number of nitrogens with one attached hydrogen (secondary N) is 2. The summed E-state index contributed by atoms with van der Waals surface area (Å²) < 4.78 is 13.3. The predicted molar refractivity (Wildman–Crippen MR) is 99.2 cm³/mol. The minimum atomic E-state index is -0.179. The van der Waals surface area contributed by atoms with E-state index in [1.807, 2.05) is 19.9 Å². The van der Waals surface area contributed by atoms with E-state index in [2.05, 4.69) is 27.5 Å². The maximum atomic E-state index is 13.3. The number of thiazole rings is 1. The van der Waals surface area contributed by atoms with Crippen LogP contribution in [-0.2, 0) is 13.0 Å². The van der Waals surface area contributed by atoms with E-state index in [9.17, 15) is 4.39 Å². The van der Waals surface area contributed by atoms with Crippen molar-refractivity contribution in [2.24, 2.45) is 4.99 Å². The summed E-state index contributed by atoms with van der Waals surface area (Å²) in [6.45, 7) is 10.0. The summed E-state index contributed by atoms with van der Waals surface area (Å²) in [5.74, 6) is 0.589. The molecule has 2 N–H and O–H groups in total. The van der Waals surface area contributed by atoms with Gasteiger partial charge in [0.25, 0.3) is 0 Å². The van der Waals surface area contributed by atoms with Gasteiger partial charge in [-0.3, -0.25) is 0 Å². The minimum Gasteiger partial charge on any atom is -0.357 e. The lowest BCUT2D eigenvalue weighted by Crippen LogP contribution is -2.38. The van der Waals surface area contributed by atoms with Gasteiger partial charge in [0.2, 0.25) is 0 Å². The molecule has 1 aromatic carbocycles. The molecule has 6 heteroatoms. The first-order valence-electron chi connectivity index (χ1n) is 8.19. The second-order valence-corrected chi connectivity index (χ2v) is 6.99. The van der Waals surface area contributed by atoms with Gasteiger partial charge in [0.05, 0.1) is 17.2 Å². The molecule has 0 saturated heterocycles. The molecular weight excluding hydrogens is 323 g/mol. The second-order valence-electron chi connectivity index (χ2n) is 5.70. The number of rotatable bonds is 6. The lowest BCUT2D eigenvalue weighted by molar-refractivity contribution is 0.617. The Balaban J connectivity index is 1.91. The fraction of sp³-hybridized carbons (Fsp3) is 0.444. The molecule has 0 atom stereocenters. The van der Waals surface area contributed by atoms with Crippen LogP contribution in [0.3, 0.4) is 0 Å². The van der Waals surface area contributed by atoms with Gasteiger partial charge in [0, 0.05) is 24.4 Å². The van der Waals surface area contributed by atoms with Crippen molar-refractivity contribution >= 4 is 17.3 Å². The highest BCUT2D eigenvalue weighted by molar-refractivity contribution is 7.11. The van der Waals surface area contributed by atoms with Crippen LogP contribution in [0.2, 0.25) is 0 Å². The molecule has 0 radical (unpaired) electrons. The Morgan fingerprint density at radius 3 is 2.67 bits per heavy atom. The summed E-state index contributed by atoms with van der Waals surface area (Å²) in [6.07, 6.45) is 0.874. The second kappa shape index (κ2) is 8.78. The molecule has 0 spiro atoms. The number of benzene rings is 1. The molecule has 0 aliphatic heterocycles. The Hall–Kier alpha value is -1.95. The van der Waals surface area contributed by atoms with Gasteiger partial charge in [-0.25, -0.2) is 14.4 Å². The Bertz CT molecular complexity index is 690. The zero-order valence-corrected chi connectivity index (χ0v) is 15.6. The number of aliphatic imine (C=N–C) groups is 1. The highest BCUT2D eigenvalue weighted by Gasteiger charge is 2.04. The molecule has 0 aliphatic carbocycles. The predicted octanol–water partition coefficient (Wildman–Crippen LogP) is 3.51. The van der Waals surface area contributed by atoms with Gasteiger partial charge in [0.15, 0.2) is 5.96 Å². The number of aromatic nitrogens is 1. The van der Waals surface area contributed by atoms with E-state index in [0.29, 0.717) is 12.1 Å². The molecule has 0 saturated carbocycles. The van der Waals surface area contributed by atoms with Crippen molar-refractivity contribution in [3.8, 4) is 0 Å². The maximum Gasteiger partial charge on any atom is 0.191 e. The number of guanidine groups is 1. The van der Waals surface area contributed by atoms with E-state index in [1.165, 1.54) is 10.9 Å². The monoisotopic (exact) mass is 348 g/mol. The summed E-state index contributed by atoms with van der Waals surface area (Å²) in [7, 11) is 0. The van der Waals surface area contributed by atoms with Crippen LogP contribution in [0.25, 0.3) is 0 Å². The molecule has 0 unspecified atom stereocenters. The van der Waals surface area contributed by atoms with Crippen molar-refractivity contribution in [1.29, 1.82) is 0 Å². The van der Waals surface area contributed by atoms with E-state index in [4.69, 9.17) is 0 Å². The van der Waals surface area contributed by atoms with Crippen LogP contribution in [0.4, 0.5) is 4.39 Å². The van der Waals surface area contributed by atoms with Crippen LogP contribution < -0.4 is 10.6 Å². The quantitative estimate of drug-likeness (QED) is 0.620. The van der Waals surface area contributed by atoms with Crippen LogP contribution in [-0.4, -0.2) is 24.0 Å².